The number of hydrogen-bond acceptors (Lipinski definition) is 10. The molecule has 11 nitrogen and oxygen atoms in total. The van der Waals surface area contributed by atoms with E-state index in [1.165, 1.54) is 25.1 Å². The number of Topliss-reactive ketones (excluding diaryl/α,β-unsaturated/α-hetero) is 4. The van der Waals surface area contributed by atoms with Crippen LogP contribution in [0.4, 0.5) is 0 Å². The quantitative estimate of drug-likeness (QED) is 0.296. The maximum Gasteiger partial charge on any atom is 0.235 e. The summed E-state index contributed by atoms with van der Waals surface area (Å²) in [5.74, 6) is -13.9. The van der Waals surface area contributed by atoms with Crippen molar-refractivity contribution in [2.75, 3.05) is 14.1 Å². The van der Waals surface area contributed by atoms with Gasteiger partial charge in [0.1, 0.15) is 12.0 Å². The van der Waals surface area contributed by atoms with Crippen LogP contribution in [0.3, 0.4) is 0 Å². The van der Waals surface area contributed by atoms with Crippen LogP contribution >= 0.6 is 0 Å². The zero-order valence-electron chi connectivity index (χ0n) is 21.9. The number of likely N-dealkylation sites (N-methyl/N-ethyl adjacent to an activating group) is 1. The number of benzene rings is 2. The number of phenols is 1. The summed E-state index contributed by atoms with van der Waals surface area (Å²) >= 11 is 0. The molecule has 0 bridgehead atoms. The molecule has 0 saturated heterocycles. The molecular weight excluding hydrogens is 520 g/mol. The number of primary amides is 1. The van der Waals surface area contributed by atoms with Crippen LogP contribution in [0.25, 0.3) is 11.1 Å². The molecule has 1 amide bonds. The van der Waals surface area contributed by atoms with Crippen LogP contribution in [-0.2, 0) is 19.2 Å². The number of aliphatic hydroxyl groups is 2. The van der Waals surface area contributed by atoms with Gasteiger partial charge in [-0.1, -0.05) is 37.3 Å². The van der Waals surface area contributed by atoms with Gasteiger partial charge in [-0.25, -0.2) is 0 Å². The summed E-state index contributed by atoms with van der Waals surface area (Å²) in [5, 5.41) is 34.2. The summed E-state index contributed by atoms with van der Waals surface area (Å²) < 4.78 is 0. The van der Waals surface area contributed by atoms with E-state index in [1.807, 2.05) is 0 Å². The Kier molecular flexibility index (Phi) is 6.36. The molecule has 2 aromatic carbocycles. The van der Waals surface area contributed by atoms with E-state index in [9.17, 15) is 44.1 Å². The number of nitrogens with two attached hydrogens (primary N) is 1. The minimum atomic E-state index is -3.05. The maximum atomic E-state index is 14.0. The Hall–Kier alpha value is -4.06. The number of rotatable bonds is 4. The number of hydrogen-bond donors (Lipinski definition) is 4. The van der Waals surface area contributed by atoms with Crippen LogP contribution in [0.1, 0.15) is 39.1 Å². The molecule has 2 fully saturated rings. The molecule has 3 aliphatic rings. The average molecular weight is 549 g/mol. The molecule has 11 heteroatoms. The first-order valence-corrected chi connectivity index (χ1v) is 12.7. The molecule has 3 aliphatic carbocycles. The van der Waals surface area contributed by atoms with E-state index in [1.54, 1.807) is 37.3 Å². The SMILES string of the molecule is C[C@@H]1c2c(-c3ccc(C=O)cc3)ccc(O)c2C(=O)C2C(=O)[C@@]3(O)C(=O)C(C(N)=O)C(=O)[C@H](N(C)C)[C@H]3[C@H](O)[C@H]21. The summed E-state index contributed by atoms with van der Waals surface area (Å²) in [6.07, 6.45) is -1.05. The van der Waals surface area contributed by atoms with Crippen molar-refractivity contribution < 1.29 is 44.1 Å². The zero-order chi connectivity index (χ0) is 29.4. The van der Waals surface area contributed by atoms with Gasteiger partial charge in [-0.3, -0.25) is 33.7 Å². The topological polar surface area (TPSA) is 192 Å². The molecule has 2 unspecified atom stereocenters. The Morgan fingerprint density at radius 1 is 1.02 bits per heavy atom. The van der Waals surface area contributed by atoms with E-state index < -0.39 is 82.1 Å². The van der Waals surface area contributed by atoms with Gasteiger partial charge in [-0.2, -0.15) is 0 Å². The van der Waals surface area contributed by atoms with Crippen molar-refractivity contribution in [2.24, 2.45) is 29.4 Å². The van der Waals surface area contributed by atoms with Crippen molar-refractivity contribution in [3.05, 3.63) is 53.1 Å². The van der Waals surface area contributed by atoms with E-state index in [-0.39, 0.29) is 5.56 Å². The third kappa shape index (κ3) is 3.48. The number of aliphatic hydroxyl groups excluding tert-OH is 1. The molecule has 0 heterocycles. The number of carbonyl (C=O) groups is 6. The van der Waals surface area contributed by atoms with E-state index in [2.05, 4.69) is 0 Å². The number of ketones is 4. The molecule has 0 spiro atoms. The van der Waals surface area contributed by atoms with Crippen LogP contribution in [0.15, 0.2) is 36.4 Å². The van der Waals surface area contributed by atoms with Gasteiger partial charge in [0.15, 0.2) is 34.7 Å². The second kappa shape index (κ2) is 9.26. The molecule has 0 radical (unpaired) electrons. The van der Waals surface area contributed by atoms with Gasteiger partial charge in [-0.05, 0) is 42.8 Å². The predicted molar refractivity (Wildman–Crippen MR) is 138 cm³/mol. The van der Waals surface area contributed by atoms with Crippen molar-refractivity contribution in [2.45, 2.75) is 30.6 Å². The Morgan fingerprint density at radius 3 is 2.20 bits per heavy atom. The molecule has 2 aromatic rings. The Morgan fingerprint density at radius 2 is 1.65 bits per heavy atom. The largest absolute Gasteiger partial charge is 0.507 e. The number of aldehydes is 1. The highest BCUT2D eigenvalue weighted by Gasteiger charge is 2.73. The lowest BCUT2D eigenvalue weighted by Gasteiger charge is -2.56. The van der Waals surface area contributed by atoms with Gasteiger partial charge < -0.3 is 21.1 Å². The fourth-order valence-corrected chi connectivity index (χ4v) is 7.06. The molecule has 208 valence electrons. The van der Waals surface area contributed by atoms with Gasteiger partial charge in [-0.15, -0.1) is 0 Å². The van der Waals surface area contributed by atoms with Crippen molar-refractivity contribution in [3.8, 4) is 16.9 Å². The molecule has 0 aliphatic heterocycles. The van der Waals surface area contributed by atoms with Crippen LogP contribution in [-0.4, -0.2) is 87.4 Å². The fraction of sp³-hybridized carbons (Fsp3) is 0.379. The minimum absolute atomic E-state index is 0.191. The summed E-state index contributed by atoms with van der Waals surface area (Å²) in [6, 6.07) is 7.89. The van der Waals surface area contributed by atoms with Crippen LogP contribution in [0.2, 0.25) is 0 Å². The monoisotopic (exact) mass is 548 g/mol. The summed E-state index contributed by atoms with van der Waals surface area (Å²) in [7, 11) is 2.87. The standard InChI is InChI=1S/C29H28N2O9/c1-11-16-14(13-6-4-12(10-32)5-7-13)8-9-15(33)18(16)23(34)19-17(11)24(35)21-22(31(2)3)25(36)20(28(30)39)27(38)29(21,40)26(19)37/h4-11,17,19-22,24,33,35,40H,1-3H3,(H2,30,39)/t11-,17+,19?,20?,21+,22-,24-,29-/m1/s1. The predicted octanol–water partition coefficient (Wildman–Crippen LogP) is -0.122. The van der Waals surface area contributed by atoms with Gasteiger partial charge >= 0.3 is 0 Å². The lowest BCUT2D eigenvalue weighted by Crippen LogP contribution is -2.77. The molecule has 5 N–H and O–H groups in total. The van der Waals surface area contributed by atoms with Gasteiger partial charge in [0, 0.05) is 11.5 Å². The van der Waals surface area contributed by atoms with Gasteiger partial charge in [0.05, 0.1) is 29.5 Å². The molecule has 2 saturated carbocycles. The minimum Gasteiger partial charge on any atom is -0.507 e. The maximum absolute atomic E-state index is 14.0. The highest BCUT2D eigenvalue weighted by molar-refractivity contribution is 6.32. The van der Waals surface area contributed by atoms with Crippen molar-refractivity contribution in [1.82, 2.24) is 4.90 Å². The Balaban J connectivity index is 1.73. The second-order valence-corrected chi connectivity index (χ2v) is 11.0. The van der Waals surface area contributed by atoms with Crippen molar-refractivity contribution in [3.63, 3.8) is 0 Å². The van der Waals surface area contributed by atoms with Crippen LogP contribution < -0.4 is 5.73 Å². The zero-order valence-corrected chi connectivity index (χ0v) is 21.9. The molecular formula is C29H28N2O9. The first-order valence-electron chi connectivity index (χ1n) is 12.7. The van der Waals surface area contributed by atoms with E-state index in [0.717, 1.165) is 0 Å². The van der Waals surface area contributed by atoms with Gasteiger partial charge in [0.2, 0.25) is 5.91 Å². The highest BCUT2D eigenvalue weighted by atomic mass is 16.3. The number of phenolic OH excluding ortho intramolecular Hbond substituents is 1. The Labute approximate surface area is 228 Å². The van der Waals surface area contributed by atoms with Crippen LogP contribution in [0.5, 0.6) is 5.75 Å². The molecule has 8 atom stereocenters. The van der Waals surface area contributed by atoms with Crippen LogP contribution in [0, 0.1) is 23.7 Å². The van der Waals surface area contributed by atoms with Gasteiger partial charge in [0.25, 0.3) is 0 Å². The average Bonchev–Trinajstić information content (AvgIpc) is 2.90. The first-order chi connectivity index (χ1) is 18.8. The summed E-state index contributed by atoms with van der Waals surface area (Å²) in [5.41, 5.74) is 3.96. The molecule has 40 heavy (non-hydrogen) atoms. The molecule has 5 rings (SSSR count). The number of nitrogens with zero attached hydrogens (tertiary/aromatic N) is 1. The fourth-order valence-electron chi connectivity index (χ4n) is 7.06. The highest BCUT2D eigenvalue weighted by Crippen LogP contribution is 2.55. The smallest absolute Gasteiger partial charge is 0.235 e. The van der Waals surface area contributed by atoms with Crippen molar-refractivity contribution in [1.29, 1.82) is 0 Å². The van der Waals surface area contributed by atoms with Crippen molar-refractivity contribution >= 4 is 35.3 Å². The normalized spacial score (nSPS) is 33.3. The molecule has 0 aromatic heterocycles. The number of carbonyl (C=O) groups excluding carboxylic acids is 6. The van der Waals surface area contributed by atoms with E-state index in [4.69, 9.17) is 5.73 Å². The lowest BCUT2D eigenvalue weighted by atomic mass is 9.49. The third-order valence-corrected chi connectivity index (χ3v) is 8.83. The second-order valence-electron chi connectivity index (χ2n) is 11.0. The number of fused-ring (bicyclic) bond motifs is 3. The summed E-state index contributed by atoms with van der Waals surface area (Å²) in [4.78, 5) is 79.2. The van der Waals surface area contributed by atoms with E-state index >= 15 is 0 Å². The summed E-state index contributed by atoms with van der Waals surface area (Å²) in [6.45, 7) is 1.65. The lowest BCUT2D eigenvalue weighted by molar-refractivity contribution is -0.196. The third-order valence-electron chi connectivity index (χ3n) is 8.83. The number of amides is 1. The Bertz CT molecular complexity index is 1500. The van der Waals surface area contributed by atoms with E-state index in [0.29, 0.717) is 28.5 Å². The first kappa shape index (κ1) is 27.5. The number of aromatic hydroxyl groups is 1.